The summed E-state index contributed by atoms with van der Waals surface area (Å²) in [6.07, 6.45) is 1.50. The minimum absolute atomic E-state index is 0.107. The van der Waals surface area contributed by atoms with E-state index in [1.807, 2.05) is 30.3 Å². The largest absolute Gasteiger partial charge is 0.455 e. The van der Waals surface area contributed by atoms with Crippen molar-refractivity contribution in [2.24, 2.45) is 10.8 Å². The summed E-state index contributed by atoms with van der Waals surface area (Å²) in [6.45, 7) is 0. The molecule has 2 rings (SSSR count). The summed E-state index contributed by atoms with van der Waals surface area (Å²) < 4.78 is 5.57. The van der Waals surface area contributed by atoms with Crippen LogP contribution in [0.5, 0.6) is 0 Å². The Morgan fingerprint density at radius 2 is 2.00 bits per heavy atom. The number of furan rings is 1. The van der Waals surface area contributed by atoms with Crippen molar-refractivity contribution < 1.29 is 4.42 Å². The van der Waals surface area contributed by atoms with E-state index < -0.39 is 0 Å². The number of hydrazone groups is 1. The van der Waals surface area contributed by atoms with Crippen LogP contribution in [0.3, 0.4) is 0 Å². The van der Waals surface area contributed by atoms with Gasteiger partial charge in [-0.1, -0.05) is 11.6 Å². The van der Waals surface area contributed by atoms with Gasteiger partial charge in [0.15, 0.2) is 5.11 Å². The molecule has 0 atom stereocenters. The van der Waals surface area contributed by atoms with Crippen LogP contribution < -0.4 is 11.2 Å². The molecule has 0 radical (unpaired) electrons. The van der Waals surface area contributed by atoms with Crippen molar-refractivity contribution in [1.29, 1.82) is 0 Å². The molecule has 0 amide bonds. The van der Waals surface area contributed by atoms with Gasteiger partial charge in [-0.25, -0.2) is 0 Å². The second-order valence-corrected chi connectivity index (χ2v) is 4.32. The summed E-state index contributed by atoms with van der Waals surface area (Å²) in [5, 5.41) is 4.60. The monoisotopic (exact) mass is 279 g/mol. The maximum absolute atomic E-state index is 5.82. The highest BCUT2D eigenvalue weighted by atomic mass is 35.5. The number of thiocarbonyl (C=S) groups is 1. The third kappa shape index (κ3) is 3.32. The zero-order valence-electron chi connectivity index (χ0n) is 9.26. The molecule has 0 aliphatic heterocycles. The lowest BCUT2D eigenvalue weighted by molar-refractivity contribution is 0.574. The van der Waals surface area contributed by atoms with Crippen LogP contribution in [0, 0.1) is 0 Å². The van der Waals surface area contributed by atoms with E-state index in [1.165, 1.54) is 6.21 Å². The predicted molar refractivity (Wildman–Crippen MR) is 76.7 cm³/mol. The predicted octanol–water partition coefficient (Wildman–Crippen LogP) is 2.77. The first kappa shape index (κ1) is 12.6. The Morgan fingerprint density at radius 3 is 2.67 bits per heavy atom. The molecule has 0 spiro atoms. The second kappa shape index (κ2) is 5.66. The van der Waals surface area contributed by atoms with Crippen molar-refractivity contribution in [3.63, 3.8) is 0 Å². The number of rotatable bonds is 3. The van der Waals surface area contributed by atoms with Gasteiger partial charge in [-0.05, 0) is 48.6 Å². The average Bonchev–Trinajstić information content (AvgIpc) is 2.78. The Bertz CT molecular complexity index is 577. The molecule has 92 valence electrons. The first-order valence-corrected chi connectivity index (χ1v) is 5.88. The van der Waals surface area contributed by atoms with Gasteiger partial charge >= 0.3 is 0 Å². The van der Waals surface area contributed by atoms with Gasteiger partial charge in [0, 0.05) is 10.6 Å². The highest BCUT2D eigenvalue weighted by Gasteiger charge is 2.03. The van der Waals surface area contributed by atoms with E-state index in [1.54, 1.807) is 6.07 Å². The van der Waals surface area contributed by atoms with Crippen LogP contribution in [0.25, 0.3) is 11.3 Å². The topological polar surface area (TPSA) is 63.5 Å². The second-order valence-electron chi connectivity index (χ2n) is 3.44. The Balaban J connectivity index is 2.12. The van der Waals surface area contributed by atoms with Crippen molar-refractivity contribution >= 4 is 35.1 Å². The van der Waals surface area contributed by atoms with E-state index in [-0.39, 0.29) is 5.11 Å². The number of nitrogens with one attached hydrogen (secondary N) is 1. The lowest BCUT2D eigenvalue weighted by Crippen LogP contribution is -2.23. The fourth-order valence-corrected chi connectivity index (χ4v) is 1.53. The summed E-state index contributed by atoms with van der Waals surface area (Å²) >= 11 is 10.4. The Morgan fingerprint density at radius 1 is 1.28 bits per heavy atom. The molecule has 0 aliphatic carbocycles. The maximum atomic E-state index is 5.82. The standard InChI is InChI=1S/C12H10ClN3OS/c13-9-3-1-8(2-4-9)11-6-5-10(17-11)7-15-16-12(14)18/h1-7H,(H3,14,16,18)/b15-7-. The van der Waals surface area contributed by atoms with E-state index in [0.29, 0.717) is 10.8 Å². The van der Waals surface area contributed by atoms with Gasteiger partial charge in [0.25, 0.3) is 0 Å². The minimum Gasteiger partial charge on any atom is -0.455 e. The molecular formula is C12H10ClN3OS. The molecule has 4 nitrogen and oxygen atoms in total. The van der Waals surface area contributed by atoms with E-state index in [0.717, 1.165) is 11.3 Å². The summed E-state index contributed by atoms with van der Waals surface area (Å²) in [5.74, 6) is 1.34. The fourth-order valence-electron chi connectivity index (χ4n) is 1.35. The van der Waals surface area contributed by atoms with E-state index in [9.17, 15) is 0 Å². The number of nitrogens with zero attached hydrogens (tertiary/aromatic N) is 1. The molecule has 1 heterocycles. The van der Waals surface area contributed by atoms with Crippen LogP contribution in [-0.2, 0) is 0 Å². The van der Waals surface area contributed by atoms with Crippen LogP contribution in [0.2, 0.25) is 5.02 Å². The van der Waals surface area contributed by atoms with Gasteiger partial charge in [-0.15, -0.1) is 0 Å². The van der Waals surface area contributed by atoms with Crippen LogP contribution >= 0.6 is 23.8 Å². The molecule has 0 saturated heterocycles. The normalized spacial score (nSPS) is 10.7. The van der Waals surface area contributed by atoms with Gasteiger partial charge in [0.05, 0.1) is 6.21 Å². The molecule has 1 aromatic carbocycles. The number of halogens is 1. The molecule has 3 N–H and O–H groups in total. The SMILES string of the molecule is NC(=S)N/N=C\c1ccc(-c2ccc(Cl)cc2)o1. The minimum atomic E-state index is 0.107. The summed E-state index contributed by atoms with van der Waals surface area (Å²) in [6, 6.07) is 11.0. The van der Waals surface area contributed by atoms with Crippen molar-refractivity contribution in [1.82, 2.24) is 5.43 Å². The zero-order chi connectivity index (χ0) is 13.0. The Labute approximate surface area is 114 Å². The van der Waals surface area contributed by atoms with Crippen molar-refractivity contribution in [2.75, 3.05) is 0 Å². The molecular weight excluding hydrogens is 270 g/mol. The first-order chi connectivity index (χ1) is 8.65. The third-order valence-corrected chi connectivity index (χ3v) is 2.47. The number of benzene rings is 1. The van der Waals surface area contributed by atoms with Crippen molar-refractivity contribution in [3.8, 4) is 11.3 Å². The highest BCUT2D eigenvalue weighted by Crippen LogP contribution is 2.23. The molecule has 2 aromatic rings. The average molecular weight is 280 g/mol. The molecule has 0 aliphatic rings. The molecule has 0 saturated carbocycles. The third-order valence-electron chi connectivity index (χ3n) is 2.12. The van der Waals surface area contributed by atoms with Crippen LogP contribution in [0.1, 0.15) is 5.76 Å². The maximum Gasteiger partial charge on any atom is 0.184 e. The van der Waals surface area contributed by atoms with Crippen LogP contribution in [0.15, 0.2) is 45.9 Å². The summed E-state index contributed by atoms with van der Waals surface area (Å²) in [4.78, 5) is 0. The molecule has 0 fully saturated rings. The van der Waals surface area contributed by atoms with Crippen LogP contribution in [-0.4, -0.2) is 11.3 Å². The molecule has 0 unspecified atom stereocenters. The molecule has 6 heteroatoms. The van der Waals surface area contributed by atoms with Gasteiger partial charge in [-0.3, -0.25) is 5.43 Å². The van der Waals surface area contributed by atoms with Gasteiger partial charge in [-0.2, -0.15) is 5.10 Å². The van der Waals surface area contributed by atoms with Crippen LogP contribution in [0.4, 0.5) is 0 Å². The number of hydrogen-bond donors (Lipinski definition) is 2. The Kier molecular flexibility index (Phi) is 3.96. The van der Waals surface area contributed by atoms with E-state index >= 15 is 0 Å². The van der Waals surface area contributed by atoms with Gasteiger partial charge in [0.1, 0.15) is 11.5 Å². The molecule has 18 heavy (non-hydrogen) atoms. The molecule has 0 bridgehead atoms. The van der Waals surface area contributed by atoms with E-state index in [2.05, 4.69) is 22.7 Å². The lowest BCUT2D eigenvalue weighted by Gasteiger charge is -1.96. The highest BCUT2D eigenvalue weighted by molar-refractivity contribution is 7.80. The number of hydrogen-bond acceptors (Lipinski definition) is 3. The summed E-state index contributed by atoms with van der Waals surface area (Å²) in [5.41, 5.74) is 8.63. The summed E-state index contributed by atoms with van der Waals surface area (Å²) in [7, 11) is 0. The Hall–Kier alpha value is -1.85. The number of nitrogens with two attached hydrogens (primary N) is 1. The van der Waals surface area contributed by atoms with E-state index in [4.69, 9.17) is 21.8 Å². The molecule has 1 aromatic heterocycles. The lowest BCUT2D eigenvalue weighted by atomic mass is 10.2. The van der Waals surface area contributed by atoms with Crippen molar-refractivity contribution in [2.45, 2.75) is 0 Å². The first-order valence-electron chi connectivity index (χ1n) is 5.09. The zero-order valence-corrected chi connectivity index (χ0v) is 10.8. The smallest absolute Gasteiger partial charge is 0.184 e. The van der Waals surface area contributed by atoms with Gasteiger partial charge < -0.3 is 10.2 Å². The fraction of sp³-hybridized carbons (Fsp3) is 0. The van der Waals surface area contributed by atoms with Crippen molar-refractivity contribution in [3.05, 3.63) is 47.2 Å². The quantitative estimate of drug-likeness (QED) is 0.515. The van der Waals surface area contributed by atoms with Gasteiger partial charge in [0.2, 0.25) is 0 Å².